The molecule has 0 aromatic rings. The molecule has 3 saturated heterocycles. The summed E-state index contributed by atoms with van der Waals surface area (Å²) in [7, 11) is 1.76. The van der Waals surface area contributed by atoms with Crippen LogP contribution in [0.15, 0.2) is 0 Å². The van der Waals surface area contributed by atoms with Crippen LogP contribution < -0.4 is 16.0 Å². The molecule has 0 bridgehead atoms. The van der Waals surface area contributed by atoms with E-state index in [1.165, 1.54) is 19.3 Å². The van der Waals surface area contributed by atoms with Crippen LogP contribution in [0.5, 0.6) is 0 Å². The Morgan fingerprint density at radius 3 is 2.27 bits per heavy atom. The second-order valence-corrected chi connectivity index (χ2v) is 15.4. The number of carbonyl (C=O) groups excluding carboxylic acids is 1. The van der Waals surface area contributed by atoms with E-state index in [-0.39, 0.29) is 42.9 Å². The van der Waals surface area contributed by atoms with Crippen molar-refractivity contribution in [1.82, 2.24) is 25.8 Å². The zero-order valence-electron chi connectivity index (χ0n) is 28.7. The van der Waals surface area contributed by atoms with E-state index in [1.54, 1.807) is 12.0 Å². The molecule has 3 unspecified atom stereocenters. The average Bonchev–Trinajstić information content (AvgIpc) is 3.85. The molecule has 0 aromatic heterocycles. The summed E-state index contributed by atoms with van der Waals surface area (Å²) in [5.74, 6) is 2.86. The van der Waals surface area contributed by atoms with Gasteiger partial charge in [-0.2, -0.15) is 0 Å². The molecular formula is C34H62FN5O8. The predicted molar refractivity (Wildman–Crippen MR) is 176 cm³/mol. The number of halogens is 1. The molecule has 1 amide bonds. The summed E-state index contributed by atoms with van der Waals surface area (Å²) in [5, 5.41) is 58.2. The Morgan fingerprint density at radius 2 is 1.60 bits per heavy atom. The van der Waals surface area contributed by atoms with Crippen molar-refractivity contribution >= 4 is 5.91 Å². The molecule has 48 heavy (non-hydrogen) atoms. The summed E-state index contributed by atoms with van der Waals surface area (Å²) in [6, 6.07) is 0. The largest absolute Gasteiger partial charge is 0.394 e. The van der Waals surface area contributed by atoms with E-state index in [1.807, 2.05) is 0 Å². The van der Waals surface area contributed by atoms with E-state index in [2.05, 4.69) is 20.9 Å². The number of aliphatic hydroxyl groups excluding tert-OH is 5. The lowest BCUT2D eigenvalue weighted by Gasteiger charge is -2.42. The Balaban J connectivity index is 0.879. The number of ether oxygens (including phenoxy) is 2. The van der Waals surface area contributed by atoms with Gasteiger partial charge in [-0.25, -0.2) is 4.39 Å². The molecular weight excluding hydrogens is 625 g/mol. The number of hydrogen-bond acceptors (Lipinski definition) is 12. The van der Waals surface area contributed by atoms with Crippen molar-refractivity contribution in [3.63, 3.8) is 0 Å². The standard InChI is InChI=1S/C34H62FN5O8/c1-47-18-22-12-37-34(38-13-22)39-6-4-24(5-7-39)27-9-26(27)20-48-19-21-2-3-25(28(35)8-21)10-31(44)40-15-23(16-40)11-36-14-29(42)32(45)33(46)30(43)17-41/h21-30,32-34,36-38,41-43,45-46H,2-20H2,1H3/t21?,22?,25?,26-,27+,28?,29-,30+,32+,33+,34?/m0/s1. The first-order valence-electron chi connectivity index (χ1n) is 18.4. The summed E-state index contributed by atoms with van der Waals surface area (Å²) in [6.07, 6.45) is -0.796. The number of carbonyl (C=O) groups is 1. The smallest absolute Gasteiger partial charge is 0.222 e. The van der Waals surface area contributed by atoms with E-state index < -0.39 is 37.2 Å². The van der Waals surface area contributed by atoms with Crippen molar-refractivity contribution in [3.05, 3.63) is 0 Å². The van der Waals surface area contributed by atoms with Crippen LogP contribution in [0.4, 0.5) is 4.39 Å². The molecule has 2 aliphatic carbocycles. The summed E-state index contributed by atoms with van der Waals surface area (Å²) >= 11 is 0. The molecule has 5 aliphatic rings. The summed E-state index contributed by atoms with van der Waals surface area (Å²) in [4.78, 5) is 17.1. The van der Waals surface area contributed by atoms with E-state index in [4.69, 9.17) is 14.6 Å². The van der Waals surface area contributed by atoms with Crippen LogP contribution in [0.3, 0.4) is 0 Å². The van der Waals surface area contributed by atoms with Crippen molar-refractivity contribution < 1.29 is 44.2 Å². The number of methoxy groups -OCH3 is 1. The number of piperidine rings is 1. The van der Waals surface area contributed by atoms with Crippen molar-refractivity contribution in [1.29, 1.82) is 0 Å². The second kappa shape index (κ2) is 18.5. The lowest BCUT2D eigenvalue weighted by atomic mass is 9.79. The van der Waals surface area contributed by atoms with Gasteiger partial charge in [-0.1, -0.05) is 0 Å². The molecule has 0 aromatic carbocycles. The van der Waals surface area contributed by atoms with Gasteiger partial charge in [0.2, 0.25) is 5.91 Å². The SMILES string of the molecule is COCC1CNC(N2CCC([C@H]3C[C@H]3COCC3CCC(CC(=O)N4CC(CNC[C@H](O)[C@@H](O)[C@H](O)[C@H](O)CO)C4)C(F)C3)CC2)NC1. The first-order chi connectivity index (χ1) is 23.2. The maximum Gasteiger partial charge on any atom is 0.222 e. The van der Waals surface area contributed by atoms with Gasteiger partial charge in [0.25, 0.3) is 0 Å². The minimum Gasteiger partial charge on any atom is -0.394 e. The van der Waals surface area contributed by atoms with Crippen LogP contribution in [-0.4, -0.2) is 164 Å². The van der Waals surface area contributed by atoms with Crippen LogP contribution in [0.25, 0.3) is 0 Å². The van der Waals surface area contributed by atoms with Crippen LogP contribution in [0.1, 0.15) is 44.9 Å². The first-order valence-corrected chi connectivity index (χ1v) is 18.4. The molecule has 0 radical (unpaired) electrons. The van der Waals surface area contributed by atoms with E-state index in [9.17, 15) is 25.2 Å². The summed E-state index contributed by atoms with van der Waals surface area (Å²) < 4.78 is 26.6. The van der Waals surface area contributed by atoms with Gasteiger partial charge in [0, 0.05) is 90.9 Å². The first kappa shape index (κ1) is 38.2. The highest BCUT2D eigenvalue weighted by atomic mass is 19.1. The average molecular weight is 688 g/mol. The van der Waals surface area contributed by atoms with E-state index in [0.717, 1.165) is 57.6 Å². The van der Waals surface area contributed by atoms with Crippen LogP contribution >= 0.6 is 0 Å². The molecule has 278 valence electrons. The van der Waals surface area contributed by atoms with Crippen LogP contribution in [0.2, 0.25) is 0 Å². The normalized spacial score (nSPS) is 34.7. The molecule has 3 heterocycles. The fourth-order valence-electron chi connectivity index (χ4n) is 8.36. The third kappa shape index (κ3) is 10.5. The van der Waals surface area contributed by atoms with Gasteiger partial charge in [-0.15, -0.1) is 0 Å². The van der Waals surface area contributed by atoms with Crippen molar-refractivity contribution in [2.24, 2.45) is 41.4 Å². The fraction of sp³-hybridized carbons (Fsp3) is 0.971. The number of nitrogens with one attached hydrogen (secondary N) is 3. The molecule has 14 heteroatoms. The van der Waals surface area contributed by atoms with Gasteiger partial charge in [-0.05, 0) is 68.1 Å². The minimum atomic E-state index is -1.65. The minimum absolute atomic E-state index is 0.00861. The zero-order chi connectivity index (χ0) is 34.2. The molecule has 13 nitrogen and oxygen atoms in total. The maximum absolute atomic E-state index is 15.1. The predicted octanol–water partition coefficient (Wildman–Crippen LogP) is -1.28. The third-order valence-corrected chi connectivity index (χ3v) is 11.7. The van der Waals surface area contributed by atoms with Crippen molar-refractivity contribution in [2.75, 3.05) is 85.9 Å². The monoisotopic (exact) mass is 687 g/mol. The molecule has 9 atom stereocenters. The zero-order valence-corrected chi connectivity index (χ0v) is 28.7. The number of likely N-dealkylation sites (tertiary alicyclic amines) is 2. The summed E-state index contributed by atoms with van der Waals surface area (Å²) in [5.41, 5.74) is 0. The number of hydrogen-bond donors (Lipinski definition) is 8. The molecule has 0 spiro atoms. The summed E-state index contributed by atoms with van der Waals surface area (Å²) in [6.45, 7) is 7.31. The van der Waals surface area contributed by atoms with Gasteiger partial charge in [0.1, 0.15) is 30.8 Å². The van der Waals surface area contributed by atoms with Crippen molar-refractivity contribution in [2.45, 2.75) is 81.8 Å². The number of nitrogens with zero attached hydrogens (tertiary/aromatic N) is 2. The van der Waals surface area contributed by atoms with Gasteiger partial charge in [0.05, 0.1) is 19.3 Å². The Bertz CT molecular complexity index is 968. The molecule has 5 rings (SSSR count). The Hall–Kier alpha value is -1.04. The lowest BCUT2D eigenvalue weighted by Crippen LogP contribution is -2.62. The van der Waals surface area contributed by atoms with Crippen molar-refractivity contribution in [3.8, 4) is 0 Å². The molecule has 3 aliphatic heterocycles. The molecule has 8 N–H and O–H groups in total. The Kier molecular flexibility index (Phi) is 14.7. The fourth-order valence-corrected chi connectivity index (χ4v) is 8.36. The lowest BCUT2D eigenvalue weighted by molar-refractivity contribution is -0.139. The third-order valence-electron chi connectivity index (χ3n) is 11.7. The van der Waals surface area contributed by atoms with Crippen LogP contribution in [-0.2, 0) is 14.3 Å². The highest BCUT2D eigenvalue weighted by Gasteiger charge is 2.44. The van der Waals surface area contributed by atoms with Gasteiger partial charge >= 0.3 is 0 Å². The van der Waals surface area contributed by atoms with E-state index in [0.29, 0.717) is 50.9 Å². The van der Waals surface area contributed by atoms with Crippen LogP contribution in [0, 0.1) is 41.4 Å². The number of alkyl halides is 1. The quantitative estimate of drug-likeness (QED) is 0.0858. The maximum atomic E-state index is 15.1. The van der Waals surface area contributed by atoms with Gasteiger partial charge < -0.3 is 45.2 Å². The van der Waals surface area contributed by atoms with E-state index >= 15 is 4.39 Å². The number of amides is 1. The second-order valence-electron chi connectivity index (χ2n) is 15.4. The topological polar surface area (TPSA) is 179 Å². The number of rotatable bonds is 18. The number of aliphatic hydroxyl groups is 5. The molecule has 5 fully saturated rings. The Labute approximate surface area is 284 Å². The van der Waals surface area contributed by atoms with Gasteiger partial charge in [-0.3, -0.25) is 20.3 Å². The highest BCUT2D eigenvalue weighted by Crippen LogP contribution is 2.48. The molecule has 2 saturated carbocycles. The highest BCUT2D eigenvalue weighted by molar-refractivity contribution is 5.77. The van der Waals surface area contributed by atoms with Gasteiger partial charge in [0.15, 0.2) is 0 Å². The Morgan fingerprint density at radius 1 is 0.896 bits per heavy atom.